The summed E-state index contributed by atoms with van der Waals surface area (Å²) in [6, 6.07) is 11.2. The van der Waals surface area contributed by atoms with Gasteiger partial charge in [0.05, 0.1) is 19.1 Å². The van der Waals surface area contributed by atoms with Gasteiger partial charge in [-0.1, -0.05) is 42.8 Å². The zero-order valence-electron chi connectivity index (χ0n) is 21.0. The summed E-state index contributed by atoms with van der Waals surface area (Å²) < 4.78 is 31.9. The zero-order chi connectivity index (χ0) is 26.3. The standard InChI is InChI=1S/C25H34ClN3O5S/c1-7-18(3)27-25(31)19(4)28(15-20-10-8-9-11-21(20)26)24(30)16-29(35(6,32)33)22-14-17(2)12-13-23(22)34-5/h8-14,18-19H,7,15-16H2,1-6H3,(H,27,31)/t18-,19+/m0/s1. The van der Waals surface area contributed by atoms with Gasteiger partial charge in [-0.05, 0) is 56.5 Å². The van der Waals surface area contributed by atoms with Crippen LogP contribution in [0.25, 0.3) is 0 Å². The summed E-state index contributed by atoms with van der Waals surface area (Å²) in [5, 5.41) is 3.33. The van der Waals surface area contributed by atoms with Crippen LogP contribution in [0.2, 0.25) is 5.02 Å². The van der Waals surface area contributed by atoms with Gasteiger partial charge in [-0.15, -0.1) is 0 Å². The van der Waals surface area contributed by atoms with Gasteiger partial charge in [0.15, 0.2) is 0 Å². The van der Waals surface area contributed by atoms with Crippen molar-refractivity contribution in [3.63, 3.8) is 0 Å². The van der Waals surface area contributed by atoms with Crippen LogP contribution in [-0.2, 0) is 26.2 Å². The van der Waals surface area contributed by atoms with E-state index in [1.165, 1.54) is 12.0 Å². The van der Waals surface area contributed by atoms with Crippen molar-refractivity contribution in [2.75, 3.05) is 24.2 Å². The highest BCUT2D eigenvalue weighted by Crippen LogP contribution is 2.31. The van der Waals surface area contributed by atoms with Crippen molar-refractivity contribution < 1.29 is 22.7 Å². The minimum Gasteiger partial charge on any atom is -0.495 e. The molecule has 1 N–H and O–H groups in total. The van der Waals surface area contributed by atoms with Crippen molar-refractivity contribution >= 4 is 39.1 Å². The summed E-state index contributed by atoms with van der Waals surface area (Å²) in [6.45, 7) is 6.78. The largest absolute Gasteiger partial charge is 0.495 e. The van der Waals surface area contributed by atoms with Gasteiger partial charge in [-0.2, -0.15) is 0 Å². The van der Waals surface area contributed by atoms with Crippen molar-refractivity contribution in [3.8, 4) is 5.75 Å². The Hall–Kier alpha value is -2.78. The second-order valence-corrected chi connectivity index (χ2v) is 10.9. The molecule has 0 fully saturated rings. The highest BCUT2D eigenvalue weighted by molar-refractivity contribution is 7.92. The molecule has 0 radical (unpaired) electrons. The summed E-state index contributed by atoms with van der Waals surface area (Å²) in [6.07, 6.45) is 1.76. The van der Waals surface area contributed by atoms with Crippen LogP contribution < -0.4 is 14.4 Å². The Morgan fingerprint density at radius 3 is 2.37 bits per heavy atom. The molecule has 2 rings (SSSR count). The molecule has 0 unspecified atom stereocenters. The van der Waals surface area contributed by atoms with Crippen LogP contribution in [0.15, 0.2) is 42.5 Å². The number of hydrogen-bond acceptors (Lipinski definition) is 5. The Labute approximate surface area is 213 Å². The lowest BCUT2D eigenvalue weighted by Gasteiger charge is -2.32. The number of benzene rings is 2. The van der Waals surface area contributed by atoms with Crippen LogP contribution in [0, 0.1) is 6.92 Å². The Morgan fingerprint density at radius 1 is 1.14 bits per heavy atom. The number of amides is 2. The van der Waals surface area contributed by atoms with E-state index in [2.05, 4.69) is 5.32 Å². The third kappa shape index (κ3) is 7.60. The topological polar surface area (TPSA) is 96.0 Å². The predicted octanol–water partition coefficient (Wildman–Crippen LogP) is 3.76. The number of hydrogen-bond donors (Lipinski definition) is 1. The molecule has 2 aromatic carbocycles. The maximum absolute atomic E-state index is 13.6. The monoisotopic (exact) mass is 523 g/mol. The van der Waals surface area contributed by atoms with Gasteiger partial charge >= 0.3 is 0 Å². The van der Waals surface area contributed by atoms with Crippen molar-refractivity contribution in [1.29, 1.82) is 0 Å². The number of nitrogens with zero attached hydrogens (tertiary/aromatic N) is 2. The summed E-state index contributed by atoms with van der Waals surface area (Å²) in [5.41, 5.74) is 1.69. The number of carbonyl (C=O) groups is 2. The van der Waals surface area contributed by atoms with Gasteiger partial charge in [0.1, 0.15) is 18.3 Å². The first-order chi connectivity index (χ1) is 16.4. The molecule has 2 amide bonds. The van der Waals surface area contributed by atoms with Crippen molar-refractivity contribution in [2.24, 2.45) is 0 Å². The fraction of sp³-hybridized carbons (Fsp3) is 0.440. The maximum Gasteiger partial charge on any atom is 0.244 e. The molecule has 0 aromatic heterocycles. The van der Waals surface area contributed by atoms with E-state index in [9.17, 15) is 18.0 Å². The summed E-state index contributed by atoms with van der Waals surface area (Å²) >= 11 is 6.33. The molecule has 0 spiro atoms. The molecule has 10 heteroatoms. The van der Waals surface area contributed by atoms with Crippen LogP contribution in [0.4, 0.5) is 5.69 Å². The summed E-state index contributed by atoms with van der Waals surface area (Å²) in [7, 11) is -2.43. The quantitative estimate of drug-likeness (QED) is 0.484. The molecule has 0 aliphatic carbocycles. The Kier molecular flexibility index (Phi) is 9.97. The smallest absolute Gasteiger partial charge is 0.244 e. The Balaban J connectivity index is 2.47. The molecule has 8 nitrogen and oxygen atoms in total. The molecule has 0 bridgehead atoms. The molecule has 192 valence electrons. The van der Waals surface area contributed by atoms with E-state index in [1.54, 1.807) is 49.4 Å². The Morgan fingerprint density at radius 2 is 1.80 bits per heavy atom. The average molecular weight is 524 g/mol. The molecule has 0 aliphatic heterocycles. The molecular weight excluding hydrogens is 490 g/mol. The lowest BCUT2D eigenvalue weighted by atomic mass is 10.1. The van der Waals surface area contributed by atoms with Crippen molar-refractivity contribution in [3.05, 3.63) is 58.6 Å². The maximum atomic E-state index is 13.6. The number of ether oxygens (including phenoxy) is 1. The van der Waals surface area contributed by atoms with Gasteiger partial charge in [-0.25, -0.2) is 8.42 Å². The zero-order valence-corrected chi connectivity index (χ0v) is 22.6. The molecule has 35 heavy (non-hydrogen) atoms. The van der Waals surface area contributed by atoms with Crippen LogP contribution in [-0.4, -0.2) is 57.1 Å². The highest BCUT2D eigenvalue weighted by atomic mass is 35.5. The van der Waals surface area contributed by atoms with Crippen LogP contribution in [0.5, 0.6) is 5.75 Å². The first-order valence-electron chi connectivity index (χ1n) is 11.3. The van der Waals surface area contributed by atoms with Crippen LogP contribution in [0.3, 0.4) is 0 Å². The SMILES string of the molecule is CC[C@H](C)NC(=O)[C@@H](C)N(Cc1ccccc1Cl)C(=O)CN(c1cc(C)ccc1OC)S(C)(=O)=O. The van der Waals surface area contributed by atoms with E-state index in [4.69, 9.17) is 16.3 Å². The van der Waals surface area contributed by atoms with Crippen LogP contribution in [0.1, 0.15) is 38.3 Å². The summed E-state index contributed by atoms with van der Waals surface area (Å²) in [5.74, 6) is -0.571. The van der Waals surface area contributed by atoms with Crippen molar-refractivity contribution in [1.82, 2.24) is 10.2 Å². The molecule has 0 saturated carbocycles. The Bertz CT molecular complexity index is 1160. The molecule has 0 saturated heterocycles. The number of anilines is 1. The third-order valence-corrected chi connectivity index (χ3v) is 7.24. The summed E-state index contributed by atoms with van der Waals surface area (Å²) in [4.78, 5) is 27.9. The fourth-order valence-electron chi connectivity index (χ4n) is 3.45. The van der Waals surface area contributed by atoms with Gasteiger partial charge in [0.25, 0.3) is 0 Å². The molecular formula is C25H34ClN3O5S. The van der Waals surface area contributed by atoms with Gasteiger partial charge < -0.3 is 15.0 Å². The van der Waals surface area contributed by atoms with E-state index < -0.39 is 28.5 Å². The fourth-order valence-corrected chi connectivity index (χ4v) is 4.49. The highest BCUT2D eigenvalue weighted by Gasteiger charge is 2.31. The normalized spacial score (nSPS) is 13.0. The lowest BCUT2D eigenvalue weighted by Crippen LogP contribution is -2.52. The number of nitrogens with one attached hydrogen (secondary N) is 1. The number of methoxy groups -OCH3 is 1. The van der Waals surface area contributed by atoms with Crippen LogP contribution >= 0.6 is 11.6 Å². The van der Waals surface area contributed by atoms with E-state index in [0.717, 1.165) is 22.5 Å². The first kappa shape index (κ1) is 28.5. The second kappa shape index (κ2) is 12.3. The number of rotatable bonds is 11. The van der Waals surface area contributed by atoms with Gasteiger partial charge in [0.2, 0.25) is 21.8 Å². The number of carbonyl (C=O) groups excluding carboxylic acids is 2. The van der Waals surface area contributed by atoms with Crippen molar-refractivity contribution in [2.45, 2.75) is 52.7 Å². The van der Waals surface area contributed by atoms with Gasteiger partial charge in [-0.3, -0.25) is 13.9 Å². The third-order valence-electron chi connectivity index (χ3n) is 5.75. The minimum atomic E-state index is -3.87. The van der Waals surface area contributed by atoms with E-state index in [-0.39, 0.29) is 24.2 Å². The average Bonchev–Trinajstić information content (AvgIpc) is 2.80. The molecule has 2 aromatic rings. The van der Waals surface area contributed by atoms with E-state index in [1.807, 2.05) is 20.8 Å². The molecule has 0 heterocycles. The number of sulfonamides is 1. The van der Waals surface area contributed by atoms with E-state index in [0.29, 0.717) is 16.3 Å². The first-order valence-corrected chi connectivity index (χ1v) is 13.6. The second-order valence-electron chi connectivity index (χ2n) is 8.55. The minimum absolute atomic E-state index is 0.0379. The van der Waals surface area contributed by atoms with Gasteiger partial charge in [0, 0.05) is 17.6 Å². The number of halogens is 1. The number of aryl methyl sites for hydroxylation is 1. The van der Waals surface area contributed by atoms with E-state index >= 15 is 0 Å². The molecule has 2 atom stereocenters. The molecule has 0 aliphatic rings. The lowest BCUT2D eigenvalue weighted by molar-refractivity contribution is -0.139. The predicted molar refractivity (Wildman–Crippen MR) is 139 cm³/mol.